The van der Waals surface area contributed by atoms with Gasteiger partial charge in [0.05, 0.1) is 0 Å². The number of carbonyl (C=O) groups is 2. The fourth-order valence-electron chi connectivity index (χ4n) is 2.55. The Labute approximate surface area is 155 Å². The van der Waals surface area contributed by atoms with Crippen molar-refractivity contribution in [1.29, 1.82) is 0 Å². The average molecular weight is 365 g/mol. The molecule has 0 aliphatic rings. The second-order valence-electron chi connectivity index (χ2n) is 5.77. The van der Waals surface area contributed by atoms with Crippen molar-refractivity contribution in [1.82, 2.24) is 25.5 Å². The molecule has 1 atom stereocenters. The van der Waals surface area contributed by atoms with Crippen LogP contribution in [0.3, 0.4) is 0 Å². The lowest BCUT2D eigenvalue weighted by atomic mass is 10.1. The number of aromatic nitrogens is 4. The van der Waals surface area contributed by atoms with E-state index in [0.29, 0.717) is 17.8 Å². The molecule has 0 fully saturated rings. The van der Waals surface area contributed by atoms with Gasteiger partial charge < -0.3 is 16.0 Å². The Kier molecular flexibility index (Phi) is 5.73. The topological polar surface area (TPSA) is 114 Å². The van der Waals surface area contributed by atoms with Crippen molar-refractivity contribution in [3.63, 3.8) is 0 Å². The monoisotopic (exact) mass is 365 g/mol. The number of tetrazole rings is 1. The molecule has 0 saturated heterocycles. The lowest BCUT2D eigenvalue weighted by Gasteiger charge is -2.17. The molecule has 0 aliphatic carbocycles. The summed E-state index contributed by atoms with van der Waals surface area (Å²) in [4.78, 5) is 24.3. The summed E-state index contributed by atoms with van der Waals surface area (Å²) in [6, 6.07) is 15.6. The van der Waals surface area contributed by atoms with Gasteiger partial charge in [-0.3, -0.25) is 4.79 Å². The first-order chi connectivity index (χ1) is 13.2. The Morgan fingerprint density at radius 2 is 1.78 bits per heavy atom. The molecule has 9 nitrogen and oxygen atoms in total. The highest BCUT2D eigenvalue weighted by Crippen LogP contribution is 2.19. The fraction of sp³-hybridized carbons (Fsp3) is 0.167. The van der Waals surface area contributed by atoms with Gasteiger partial charge in [-0.05, 0) is 34.2 Å². The Morgan fingerprint density at radius 1 is 1.04 bits per heavy atom. The van der Waals surface area contributed by atoms with Crippen LogP contribution in [0.15, 0.2) is 60.9 Å². The van der Waals surface area contributed by atoms with E-state index in [1.807, 2.05) is 30.3 Å². The predicted octanol–water partition coefficient (Wildman–Crippen LogP) is 1.85. The van der Waals surface area contributed by atoms with Gasteiger partial charge in [-0.25, -0.2) is 9.48 Å². The summed E-state index contributed by atoms with van der Waals surface area (Å²) < 4.78 is 1.43. The summed E-state index contributed by atoms with van der Waals surface area (Å²) in [7, 11) is 1.53. The van der Waals surface area contributed by atoms with Crippen LogP contribution in [0.2, 0.25) is 0 Å². The standard InChI is InChI=1S/C18H19N7O2/c1-19-18(27)22-15-9-5-8-14(11-15)21-17(26)16(25-12-20-23-24-25)10-13-6-3-2-4-7-13/h2-9,11-12,16H,10H2,1H3,(H,21,26)(H2,19,22,27). The van der Waals surface area contributed by atoms with Crippen LogP contribution in [-0.2, 0) is 11.2 Å². The number of nitrogens with zero attached hydrogens (tertiary/aromatic N) is 4. The number of amides is 3. The van der Waals surface area contributed by atoms with Crippen LogP contribution in [0.1, 0.15) is 11.6 Å². The highest BCUT2D eigenvalue weighted by Gasteiger charge is 2.22. The number of anilines is 2. The number of hydrogen-bond donors (Lipinski definition) is 3. The van der Waals surface area contributed by atoms with Gasteiger partial charge in [-0.2, -0.15) is 0 Å². The summed E-state index contributed by atoms with van der Waals surface area (Å²) in [5.41, 5.74) is 2.11. The molecular weight excluding hydrogens is 346 g/mol. The van der Waals surface area contributed by atoms with E-state index in [1.54, 1.807) is 24.3 Å². The maximum Gasteiger partial charge on any atom is 0.318 e. The average Bonchev–Trinajstić information content (AvgIpc) is 3.21. The minimum Gasteiger partial charge on any atom is -0.341 e. The lowest BCUT2D eigenvalue weighted by molar-refractivity contribution is -0.119. The van der Waals surface area contributed by atoms with Gasteiger partial charge in [0.25, 0.3) is 0 Å². The lowest BCUT2D eigenvalue weighted by Crippen LogP contribution is -2.28. The number of carbonyl (C=O) groups excluding carboxylic acids is 2. The molecule has 2 aromatic carbocycles. The molecule has 3 amide bonds. The highest BCUT2D eigenvalue weighted by atomic mass is 16.2. The van der Waals surface area contributed by atoms with Crippen LogP contribution in [0.5, 0.6) is 0 Å². The third-order valence-electron chi connectivity index (χ3n) is 3.87. The summed E-state index contributed by atoms with van der Waals surface area (Å²) in [6.07, 6.45) is 1.85. The minimum absolute atomic E-state index is 0.261. The van der Waals surface area contributed by atoms with Crippen LogP contribution in [0.25, 0.3) is 0 Å². The van der Waals surface area contributed by atoms with Gasteiger partial charge >= 0.3 is 6.03 Å². The molecule has 138 valence electrons. The first-order valence-electron chi connectivity index (χ1n) is 8.32. The van der Waals surface area contributed by atoms with Crippen molar-refractivity contribution >= 4 is 23.3 Å². The Morgan fingerprint density at radius 3 is 2.44 bits per heavy atom. The molecule has 0 bridgehead atoms. The summed E-state index contributed by atoms with van der Waals surface area (Å²) in [5.74, 6) is -0.261. The van der Waals surface area contributed by atoms with Gasteiger partial charge in [-0.15, -0.1) is 5.10 Å². The first kappa shape index (κ1) is 18.1. The molecule has 0 aliphatic heterocycles. The van der Waals surface area contributed by atoms with E-state index in [0.717, 1.165) is 5.56 Å². The van der Waals surface area contributed by atoms with Gasteiger partial charge in [0, 0.05) is 24.8 Å². The second-order valence-corrected chi connectivity index (χ2v) is 5.77. The predicted molar refractivity (Wildman–Crippen MR) is 100 cm³/mol. The molecular formula is C18H19N7O2. The molecule has 3 aromatic rings. The van der Waals surface area contributed by atoms with Gasteiger partial charge in [0.15, 0.2) is 0 Å². The molecule has 3 rings (SSSR count). The van der Waals surface area contributed by atoms with Crippen molar-refractivity contribution in [2.75, 3.05) is 17.7 Å². The zero-order valence-electron chi connectivity index (χ0n) is 14.7. The van der Waals surface area contributed by atoms with E-state index >= 15 is 0 Å². The second kappa shape index (κ2) is 8.56. The van der Waals surface area contributed by atoms with Crippen molar-refractivity contribution in [3.8, 4) is 0 Å². The molecule has 1 heterocycles. The maximum atomic E-state index is 12.9. The summed E-state index contributed by atoms with van der Waals surface area (Å²) >= 11 is 0. The third kappa shape index (κ3) is 4.88. The first-order valence-corrected chi connectivity index (χ1v) is 8.32. The van der Waals surface area contributed by atoms with Crippen LogP contribution < -0.4 is 16.0 Å². The van der Waals surface area contributed by atoms with E-state index in [4.69, 9.17) is 0 Å². The smallest absolute Gasteiger partial charge is 0.318 e. The fourth-order valence-corrected chi connectivity index (χ4v) is 2.55. The van der Waals surface area contributed by atoms with E-state index in [-0.39, 0.29) is 11.9 Å². The maximum absolute atomic E-state index is 12.9. The minimum atomic E-state index is -0.613. The number of benzene rings is 2. The Balaban J connectivity index is 1.77. The third-order valence-corrected chi connectivity index (χ3v) is 3.87. The Hall–Kier alpha value is -3.75. The SMILES string of the molecule is CNC(=O)Nc1cccc(NC(=O)C(Cc2ccccc2)n2cnnn2)c1. The summed E-state index contributed by atoms with van der Waals surface area (Å²) in [6.45, 7) is 0. The molecule has 3 N–H and O–H groups in total. The Bertz CT molecular complexity index is 897. The molecule has 1 aromatic heterocycles. The van der Waals surface area contributed by atoms with E-state index < -0.39 is 6.04 Å². The number of hydrogen-bond acceptors (Lipinski definition) is 5. The van der Waals surface area contributed by atoms with Gasteiger partial charge in [-0.1, -0.05) is 36.4 Å². The molecule has 0 radical (unpaired) electrons. The van der Waals surface area contributed by atoms with E-state index in [1.165, 1.54) is 18.1 Å². The van der Waals surface area contributed by atoms with Crippen molar-refractivity contribution in [2.45, 2.75) is 12.5 Å². The van der Waals surface area contributed by atoms with Crippen molar-refractivity contribution in [3.05, 3.63) is 66.5 Å². The van der Waals surface area contributed by atoms with Crippen LogP contribution in [0, 0.1) is 0 Å². The number of rotatable bonds is 6. The number of urea groups is 1. The quantitative estimate of drug-likeness (QED) is 0.617. The van der Waals surface area contributed by atoms with E-state index in [9.17, 15) is 9.59 Å². The van der Waals surface area contributed by atoms with Crippen LogP contribution in [-0.4, -0.2) is 39.2 Å². The van der Waals surface area contributed by atoms with Crippen molar-refractivity contribution < 1.29 is 9.59 Å². The number of nitrogens with one attached hydrogen (secondary N) is 3. The normalized spacial score (nSPS) is 11.4. The van der Waals surface area contributed by atoms with Gasteiger partial charge in [0.1, 0.15) is 12.4 Å². The van der Waals surface area contributed by atoms with Crippen molar-refractivity contribution in [2.24, 2.45) is 0 Å². The molecule has 0 saturated carbocycles. The van der Waals surface area contributed by atoms with Crippen LogP contribution >= 0.6 is 0 Å². The van der Waals surface area contributed by atoms with E-state index in [2.05, 4.69) is 31.5 Å². The largest absolute Gasteiger partial charge is 0.341 e. The summed E-state index contributed by atoms with van der Waals surface area (Å²) in [5, 5.41) is 19.1. The molecule has 0 spiro atoms. The molecule has 27 heavy (non-hydrogen) atoms. The zero-order valence-corrected chi connectivity index (χ0v) is 14.7. The molecule has 9 heteroatoms. The zero-order chi connectivity index (χ0) is 19.1. The molecule has 1 unspecified atom stereocenters. The highest BCUT2D eigenvalue weighted by molar-refractivity contribution is 5.95. The van der Waals surface area contributed by atoms with Crippen LogP contribution in [0.4, 0.5) is 16.2 Å². The van der Waals surface area contributed by atoms with Gasteiger partial charge in [0.2, 0.25) is 5.91 Å².